The van der Waals surface area contributed by atoms with Crippen LogP contribution in [0.3, 0.4) is 0 Å². The van der Waals surface area contributed by atoms with Gasteiger partial charge in [0.1, 0.15) is 0 Å². The number of benzene rings is 2. The van der Waals surface area contributed by atoms with Crippen LogP contribution in [0.25, 0.3) is 11.1 Å². The van der Waals surface area contributed by atoms with Crippen molar-refractivity contribution in [2.75, 3.05) is 13.2 Å². The Bertz CT molecular complexity index is 957. The molecule has 1 atom stereocenters. The number of nitrogens with zero attached hydrogens (tertiary/aromatic N) is 1. The van der Waals surface area contributed by atoms with Crippen molar-refractivity contribution in [3.05, 3.63) is 59.7 Å². The Hall–Kier alpha value is -3.72. The Labute approximate surface area is 178 Å². The summed E-state index contributed by atoms with van der Waals surface area (Å²) in [4.78, 5) is 54.4. The highest BCUT2D eigenvalue weighted by molar-refractivity contribution is 6.08. The van der Waals surface area contributed by atoms with Gasteiger partial charge in [-0.25, -0.2) is 14.4 Å². The summed E-state index contributed by atoms with van der Waals surface area (Å²) in [5.41, 5.74) is 0.623. The molecule has 164 valence electrons. The Balaban J connectivity index is 2.60. The smallest absolute Gasteiger partial charge is 0.364 e. The number of esters is 1. The highest BCUT2D eigenvalue weighted by Gasteiger charge is 2.34. The second kappa shape index (κ2) is 10.9. The van der Waals surface area contributed by atoms with Gasteiger partial charge in [0.05, 0.1) is 24.3 Å². The highest BCUT2D eigenvalue weighted by Crippen LogP contribution is 2.28. The molecule has 0 radical (unpaired) electrons. The van der Waals surface area contributed by atoms with E-state index >= 15 is 0 Å². The fraction of sp³-hybridized carbons (Fsp3) is 0.273. The Morgan fingerprint density at radius 1 is 0.968 bits per heavy atom. The van der Waals surface area contributed by atoms with Crippen molar-refractivity contribution in [3.8, 4) is 11.1 Å². The van der Waals surface area contributed by atoms with Gasteiger partial charge in [0.25, 0.3) is 5.91 Å². The number of carbonyl (C=O) groups is 4. The van der Waals surface area contributed by atoms with E-state index in [1.807, 2.05) is 0 Å². The number of rotatable bonds is 8. The van der Waals surface area contributed by atoms with Crippen molar-refractivity contribution in [2.24, 2.45) is 0 Å². The lowest BCUT2D eigenvalue weighted by molar-refractivity contribution is -0.190. The van der Waals surface area contributed by atoms with Crippen LogP contribution in [0.1, 0.15) is 41.0 Å². The fourth-order valence-electron chi connectivity index (χ4n) is 2.84. The molecule has 0 saturated carbocycles. The summed E-state index contributed by atoms with van der Waals surface area (Å²) in [5, 5.41) is 19.0. The Morgan fingerprint density at radius 2 is 1.65 bits per heavy atom. The van der Waals surface area contributed by atoms with Crippen molar-refractivity contribution in [2.45, 2.75) is 26.3 Å². The fourth-order valence-corrected chi connectivity index (χ4v) is 2.84. The van der Waals surface area contributed by atoms with Crippen LogP contribution in [0, 0.1) is 0 Å². The molecule has 2 aromatic rings. The minimum atomic E-state index is -1.80. The van der Waals surface area contributed by atoms with Crippen LogP contribution < -0.4 is 0 Å². The molecular formula is C22H23NO8. The van der Waals surface area contributed by atoms with E-state index in [-0.39, 0.29) is 24.2 Å². The topological polar surface area (TPSA) is 130 Å². The van der Waals surface area contributed by atoms with E-state index in [0.29, 0.717) is 16.2 Å². The molecule has 2 rings (SSSR count). The zero-order valence-corrected chi connectivity index (χ0v) is 17.1. The largest absolute Gasteiger partial charge is 0.480 e. The van der Waals surface area contributed by atoms with E-state index in [4.69, 9.17) is 9.57 Å². The van der Waals surface area contributed by atoms with E-state index in [2.05, 4.69) is 0 Å². The standard InChI is InChI=1S/C22H23NO8/c1-3-18(25)23(17(13-24)20(26)27)31-22(29)19-15(14-9-6-5-7-10-14)11-8-12-16(19)21(28)30-4-2/h5-12,17,24H,3-4,13H2,1-2H3,(H,26,27)/t17-/m0/s1. The van der Waals surface area contributed by atoms with Gasteiger partial charge in [-0.15, -0.1) is 0 Å². The van der Waals surface area contributed by atoms with E-state index in [1.165, 1.54) is 13.0 Å². The average Bonchev–Trinajstić information content (AvgIpc) is 2.78. The molecule has 2 aromatic carbocycles. The number of carboxylic acids is 1. The number of carbonyl (C=O) groups excluding carboxylic acids is 3. The molecule has 0 aliphatic rings. The third kappa shape index (κ3) is 5.46. The summed E-state index contributed by atoms with van der Waals surface area (Å²) < 4.78 is 5.03. The summed E-state index contributed by atoms with van der Waals surface area (Å²) in [6.45, 7) is 2.15. The molecule has 0 unspecified atom stereocenters. The predicted molar refractivity (Wildman–Crippen MR) is 109 cm³/mol. The molecule has 0 bridgehead atoms. The van der Waals surface area contributed by atoms with Crippen molar-refractivity contribution in [1.82, 2.24) is 5.06 Å². The van der Waals surface area contributed by atoms with Crippen LogP contribution in [0.4, 0.5) is 0 Å². The number of aliphatic hydroxyl groups excluding tert-OH is 1. The molecule has 0 aliphatic heterocycles. The first-order chi connectivity index (χ1) is 14.8. The molecule has 0 saturated heterocycles. The van der Waals surface area contributed by atoms with Crippen LogP contribution in [0.15, 0.2) is 48.5 Å². The maximum atomic E-state index is 13.1. The predicted octanol–water partition coefficient (Wildman–Crippen LogP) is 2.29. The maximum Gasteiger partial charge on any atom is 0.364 e. The second-order valence-electron chi connectivity index (χ2n) is 6.30. The number of aliphatic hydroxyl groups is 1. The summed E-state index contributed by atoms with van der Waals surface area (Å²) >= 11 is 0. The molecule has 0 heterocycles. The van der Waals surface area contributed by atoms with E-state index in [9.17, 15) is 29.4 Å². The van der Waals surface area contributed by atoms with Crippen LogP contribution >= 0.6 is 0 Å². The zero-order chi connectivity index (χ0) is 23.0. The SMILES string of the molecule is CCOC(=O)c1cccc(-c2ccccc2)c1C(=O)ON(C(=O)CC)[C@@H](CO)C(=O)O. The highest BCUT2D eigenvalue weighted by atomic mass is 16.7. The molecular weight excluding hydrogens is 406 g/mol. The molecule has 9 nitrogen and oxygen atoms in total. The number of amides is 1. The number of hydrogen-bond donors (Lipinski definition) is 2. The third-order valence-corrected chi connectivity index (χ3v) is 4.32. The quantitative estimate of drug-likeness (QED) is 0.483. The lowest BCUT2D eigenvalue weighted by atomic mass is 9.95. The normalized spacial score (nSPS) is 11.3. The van der Waals surface area contributed by atoms with Crippen molar-refractivity contribution in [3.63, 3.8) is 0 Å². The number of aliphatic carboxylic acids is 1. The van der Waals surface area contributed by atoms with Crippen LogP contribution in [-0.2, 0) is 19.2 Å². The molecule has 0 fully saturated rings. The molecule has 0 aliphatic carbocycles. The number of hydroxylamine groups is 2. The lowest BCUT2D eigenvalue weighted by Gasteiger charge is -2.26. The van der Waals surface area contributed by atoms with Gasteiger partial charge in [-0.3, -0.25) is 4.79 Å². The van der Waals surface area contributed by atoms with E-state index in [0.717, 1.165) is 0 Å². The van der Waals surface area contributed by atoms with Crippen molar-refractivity contribution in [1.29, 1.82) is 0 Å². The first kappa shape index (κ1) is 23.6. The molecule has 31 heavy (non-hydrogen) atoms. The Kier molecular flexibility index (Phi) is 8.27. The molecule has 0 aromatic heterocycles. The number of ether oxygens (including phenoxy) is 1. The van der Waals surface area contributed by atoms with E-state index in [1.54, 1.807) is 49.4 Å². The van der Waals surface area contributed by atoms with Crippen molar-refractivity contribution < 1.29 is 39.0 Å². The maximum absolute atomic E-state index is 13.1. The van der Waals surface area contributed by atoms with Gasteiger partial charge in [-0.05, 0) is 24.1 Å². The van der Waals surface area contributed by atoms with Gasteiger partial charge in [0, 0.05) is 6.42 Å². The van der Waals surface area contributed by atoms with E-state index < -0.39 is 36.5 Å². The minimum absolute atomic E-state index is 0.0644. The lowest BCUT2D eigenvalue weighted by Crippen LogP contribution is -2.48. The average molecular weight is 429 g/mol. The van der Waals surface area contributed by atoms with Crippen molar-refractivity contribution >= 4 is 23.8 Å². The van der Waals surface area contributed by atoms with Gasteiger partial charge in [-0.2, -0.15) is 5.06 Å². The van der Waals surface area contributed by atoms with Crippen LogP contribution in [0.5, 0.6) is 0 Å². The molecule has 0 spiro atoms. The number of hydrogen-bond acceptors (Lipinski definition) is 7. The summed E-state index contributed by atoms with van der Waals surface area (Å²) in [7, 11) is 0. The van der Waals surface area contributed by atoms with Gasteiger partial charge >= 0.3 is 17.9 Å². The first-order valence-electron chi connectivity index (χ1n) is 9.59. The molecule has 1 amide bonds. The molecule has 9 heteroatoms. The van der Waals surface area contributed by atoms with Gasteiger partial charge in [-0.1, -0.05) is 49.4 Å². The number of carboxylic acid groups (broad SMARTS) is 1. The summed E-state index contributed by atoms with van der Waals surface area (Å²) in [5.74, 6) is -4.30. The second-order valence-corrected chi connectivity index (χ2v) is 6.30. The van der Waals surface area contributed by atoms with Crippen LogP contribution in [0.2, 0.25) is 0 Å². The van der Waals surface area contributed by atoms with Gasteiger partial charge in [0.2, 0.25) is 0 Å². The third-order valence-electron chi connectivity index (χ3n) is 4.32. The van der Waals surface area contributed by atoms with Crippen LogP contribution in [-0.4, -0.2) is 58.3 Å². The van der Waals surface area contributed by atoms with Gasteiger partial charge in [0.15, 0.2) is 6.04 Å². The Morgan fingerprint density at radius 3 is 2.19 bits per heavy atom. The minimum Gasteiger partial charge on any atom is -0.480 e. The first-order valence-corrected chi connectivity index (χ1v) is 9.59. The van der Waals surface area contributed by atoms with Gasteiger partial charge < -0.3 is 19.8 Å². The molecule has 2 N–H and O–H groups in total. The summed E-state index contributed by atoms with van der Waals surface area (Å²) in [6.07, 6.45) is -0.178. The zero-order valence-electron chi connectivity index (χ0n) is 17.1. The summed E-state index contributed by atoms with van der Waals surface area (Å²) in [6, 6.07) is 11.4. The monoisotopic (exact) mass is 429 g/mol.